The van der Waals surface area contributed by atoms with Crippen molar-refractivity contribution < 1.29 is 58.5 Å². The van der Waals surface area contributed by atoms with Crippen LogP contribution in [0.5, 0.6) is 5.75 Å². The molecule has 1 aromatic heterocycles. The van der Waals surface area contributed by atoms with Crippen molar-refractivity contribution in [2.75, 3.05) is 13.1 Å². The minimum atomic E-state index is -1.42. The van der Waals surface area contributed by atoms with Crippen LogP contribution in [0.15, 0.2) is 72.1 Å². The Hall–Kier alpha value is -8.09. The van der Waals surface area contributed by atoms with Gasteiger partial charge in [0.2, 0.25) is 41.4 Å². The fraction of sp³-hybridized carbons (Fsp3) is 0.510. The molecule has 0 bridgehead atoms. The van der Waals surface area contributed by atoms with E-state index in [1.807, 2.05) is 0 Å². The van der Waals surface area contributed by atoms with Crippen LogP contribution in [0.2, 0.25) is 0 Å². The lowest BCUT2D eigenvalue weighted by molar-refractivity contribution is -0.145. The summed E-state index contributed by atoms with van der Waals surface area (Å²) >= 11 is 0. The van der Waals surface area contributed by atoms with Crippen LogP contribution in [-0.2, 0) is 62.4 Å². The van der Waals surface area contributed by atoms with Gasteiger partial charge in [-0.25, -0.2) is 9.78 Å². The Morgan fingerprint density at radius 2 is 1.34 bits per heavy atom. The summed E-state index contributed by atoms with van der Waals surface area (Å²) in [6, 6.07) is 4.29. The van der Waals surface area contributed by atoms with Crippen molar-refractivity contribution in [1.29, 1.82) is 0 Å². The van der Waals surface area contributed by atoms with Crippen molar-refractivity contribution in [1.82, 2.24) is 46.8 Å². The number of nitrogens with one attached hydrogen (secondary N) is 7. The van der Waals surface area contributed by atoms with E-state index < -0.39 is 120 Å². The van der Waals surface area contributed by atoms with E-state index in [2.05, 4.69) is 46.9 Å². The monoisotopic (exact) mass is 1060 g/mol. The number of hydrogen-bond donors (Lipinski definition) is 13. The average molecular weight is 1060 g/mol. The zero-order valence-corrected chi connectivity index (χ0v) is 43.2. The highest BCUT2D eigenvalue weighted by atomic mass is 16.4. The molecule has 7 amide bonds. The molecule has 0 unspecified atom stereocenters. The van der Waals surface area contributed by atoms with Gasteiger partial charge in [-0.05, 0) is 67.2 Å². The number of rotatable bonds is 30. The van der Waals surface area contributed by atoms with Crippen molar-refractivity contribution in [2.24, 2.45) is 34.0 Å². The first kappa shape index (κ1) is 60.5. The largest absolute Gasteiger partial charge is 0.508 e. The summed E-state index contributed by atoms with van der Waals surface area (Å²) in [7, 11) is 0. The second-order valence-corrected chi connectivity index (χ2v) is 19.2. The van der Waals surface area contributed by atoms with Crippen LogP contribution in [0.25, 0.3) is 0 Å². The molecule has 0 saturated carbocycles. The Morgan fingerprint density at radius 3 is 1.95 bits per heavy atom. The van der Waals surface area contributed by atoms with Crippen LogP contribution in [0.1, 0.15) is 89.5 Å². The number of carboxylic acid groups (broad SMARTS) is 2. The van der Waals surface area contributed by atoms with E-state index in [4.69, 9.17) is 22.3 Å². The molecule has 2 aromatic carbocycles. The molecule has 414 valence electrons. The number of imidazole rings is 1. The number of aromatic amines is 1. The van der Waals surface area contributed by atoms with Gasteiger partial charge in [0.1, 0.15) is 48.0 Å². The van der Waals surface area contributed by atoms with Gasteiger partial charge >= 0.3 is 11.9 Å². The first-order valence-corrected chi connectivity index (χ1v) is 25.3. The second kappa shape index (κ2) is 29.7. The molecular formula is C51H73N13O12. The maximum atomic E-state index is 14.6. The fourth-order valence-electron chi connectivity index (χ4n) is 8.44. The lowest BCUT2D eigenvalue weighted by Gasteiger charge is -2.32. The van der Waals surface area contributed by atoms with Crippen LogP contribution in [-0.4, -0.2) is 151 Å². The summed E-state index contributed by atoms with van der Waals surface area (Å²) in [6.45, 7) is 6.96. The highest BCUT2D eigenvalue weighted by molar-refractivity contribution is 5.98. The predicted octanol–water partition coefficient (Wildman–Crippen LogP) is -0.925. The van der Waals surface area contributed by atoms with Crippen LogP contribution >= 0.6 is 0 Å². The molecule has 3 aromatic rings. The lowest BCUT2D eigenvalue weighted by Crippen LogP contribution is -2.62. The van der Waals surface area contributed by atoms with E-state index in [0.717, 1.165) is 0 Å². The van der Waals surface area contributed by atoms with Gasteiger partial charge in [-0.3, -0.25) is 43.3 Å². The number of H-pyrrole nitrogens is 1. The Kier molecular flexibility index (Phi) is 23.6. The van der Waals surface area contributed by atoms with Crippen molar-refractivity contribution in [3.63, 3.8) is 0 Å². The van der Waals surface area contributed by atoms with Crippen molar-refractivity contribution in [2.45, 2.75) is 140 Å². The highest BCUT2D eigenvalue weighted by Gasteiger charge is 2.41. The third kappa shape index (κ3) is 19.0. The van der Waals surface area contributed by atoms with E-state index in [0.29, 0.717) is 29.7 Å². The zero-order chi connectivity index (χ0) is 56.1. The van der Waals surface area contributed by atoms with E-state index in [9.17, 15) is 53.4 Å². The average Bonchev–Trinajstić information content (AvgIpc) is 4.10. The molecule has 25 nitrogen and oxygen atoms in total. The van der Waals surface area contributed by atoms with Crippen molar-refractivity contribution >= 4 is 59.2 Å². The topological polar surface area (TPSA) is 409 Å². The van der Waals surface area contributed by atoms with Gasteiger partial charge in [0.15, 0.2) is 5.96 Å². The number of phenols is 1. The van der Waals surface area contributed by atoms with E-state index in [1.165, 1.54) is 41.7 Å². The van der Waals surface area contributed by atoms with Crippen LogP contribution < -0.4 is 49.1 Å². The third-order valence-electron chi connectivity index (χ3n) is 13.0. The molecule has 1 aliphatic rings. The maximum absolute atomic E-state index is 14.6. The first-order valence-electron chi connectivity index (χ1n) is 25.3. The molecule has 0 radical (unpaired) electrons. The second-order valence-electron chi connectivity index (χ2n) is 19.2. The molecule has 25 heteroatoms. The van der Waals surface area contributed by atoms with Crippen molar-refractivity contribution in [3.8, 4) is 5.75 Å². The SMILES string of the molecule is CC[C@H](C)[C@H](NC(=O)[C@H](Cc1ccc(O)cc1)NC(=O)[C@@H](NC(=O)[C@H](CCCN=C(N)N)NC(=O)[C@@H](N)CCC(=O)O)C(C)C)C(=O)N[C@@H](Cc1cnc[nH]1)C(=O)N1CCC[C@H]1C(=O)N[C@@H](Cc1ccccc1)C(=O)O. The van der Waals surface area contributed by atoms with Crippen LogP contribution in [0.3, 0.4) is 0 Å². The molecule has 2 heterocycles. The summed E-state index contributed by atoms with van der Waals surface area (Å²) in [6.07, 6.45) is 3.10. The van der Waals surface area contributed by atoms with E-state index in [1.54, 1.807) is 58.0 Å². The fourth-order valence-corrected chi connectivity index (χ4v) is 8.44. The van der Waals surface area contributed by atoms with E-state index >= 15 is 0 Å². The number of guanidine groups is 1. The molecule has 9 atom stereocenters. The van der Waals surface area contributed by atoms with Gasteiger partial charge < -0.3 is 74.3 Å². The van der Waals surface area contributed by atoms with Gasteiger partial charge in [0.05, 0.1) is 12.4 Å². The molecule has 0 spiro atoms. The number of carbonyl (C=O) groups excluding carboxylic acids is 7. The molecule has 1 saturated heterocycles. The molecule has 1 aliphatic heterocycles. The minimum Gasteiger partial charge on any atom is -0.508 e. The first-order chi connectivity index (χ1) is 36.1. The normalized spacial score (nSPS) is 16.3. The Balaban J connectivity index is 1.59. The number of aromatic nitrogens is 2. The maximum Gasteiger partial charge on any atom is 0.326 e. The van der Waals surface area contributed by atoms with Crippen LogP contribution in [0.4, 0.5) is 0 Å². The Bertz CT molecular complexity index is 2470. The van der Waals surface area contributed by atoms with Gasteiger partial charge in [0, 0.05) is 50.7 Å². The number of aliphatic imine (C=N–C) groups is 1. The number of aliphatic carboxylic acids is 2. The minimum absolute atomic E-state index is 0.00101. The highest BCUT2D eigenvalue weighted by Crippen LogP contribution is 2.21. The smallest absolute Gasteiger partial charge is 0.326 e. The van der Waals surface area contributed by atoms with Crippen LogP contribution in [0, 0.1) is 11.8 Å². The van der Waals surface area contributed by atoms with Gasteiger partial charge in [-0.15, -0.1) is 0 Å². The molecule has 76 heavy (non-hydrogen) atoms. The summed E-state index contributed by atoms with van der Waals surface area (Å²) in [5.74, 6) is -9.25. The third-order valence-corrected chi connectivity index (χ3v) is 13.0. The molecule has 1 fully saturated rings. The van der Waals surface area contributed by atoms with Gasteiger partial charge in [-0.2, -0.15) is 0 Å². The summed E-state index contributed by atoms with van der Waals surface area (Å²) in [5.41, 5.74) is 18.5. The number of nitrogens with two attached hydrogens (primary N) is 3. The molecule has 0 aliphatic carbocycles. The number of likely N-dealkylation sites (tertiary alicyclic amines) is 1. The molecular weight excluding hydrogens is 987 g/mol. The number of nitrogens with zero attached hydrogens (tertiary/aromatic N) is 3. The Morgan fingerprint density at radius 1 is 0.737 bits per heavy atom. The number of benzene rings is 2. The number of phenolic OH excluding ortho intramolecular Hbond substituents is 1. The van der Waals surface area contributed by atoms with E-state index in [-0.39, 0.29) is 69.7 Å². The molecule has 4 rings (SSSR count). The standard InChI is InChI=1S/C51H73N13O12/c1-5-29(4)42(48(73)60-37(25-32-26-55-27-57-32)49(74)64-22-10-14-39(64)46(71)61-38(50(75)76)24-30-11-7-6-8-12-30)63-45(70)36(23-31-15-17-33(65)18-16-31)59-47(72)41(28(2)3)62-44(69)35(13-9-21-56-51(53)54)58-43(68)34(52)19-20-40(66)67/h6-8,11-12,15-18,26-29,34-39,41-42,65H,5,9-10,13-14,19-25,52H2,1-4H3,(H,55,57)(H,58,68)(H,59,72)(H,60,73)(H,61,71)(H,62,69)(H,63,70)(H,66,67)(H,75,76)(H4,53,54,56)/t29-,34-,35-,36-,37-,38-,39-,41-,42-/m0/s1. The number of carboxylic acids is 2. The predicted molar refractivity (Wildman–Crippen MR) is 277 cm³/mol. The Labute approximate surface area is 440 Å². The van der Waals surface area contributed by atoms with Crippen molar-refractivity contribution in [3.05, 3.63) is 83.9 Å². The summed E-state index contributed by atoms with van der Waals surface area (Å²) < 4.78 is 0. The zero-order valence-electron chi connectivity index (χ0n) is 43.2. The summed E-state index contributed by atoms with van der Waals surface area (Å²) in [5, 5.41) is 45.2. The lowest BCUT2D eigenvalue weighted by atomic mass is 9.96. The number of hydrogen-bond acceptors (Lipinski definition) is 13. The van der Waals surface area contributed by atoms with Gasteiger partial charge in [-0.1, -0.05) is 76.6 Å². The quantitative estimate of drug-likeness (QED) is 0.0218. The number of aromatic hydroxyl groups is 1. The van der Waals surface area contributed by atoms with Gasteiger partial charge in [0.25, 0.3) is 0 Å². The summed E-state index contributed by atoms with van der Waals surface area (Å²) in [4.78, 5) is 134. The number of carbonyl (C=O) groups is 9. The number of amides is 7. The molecule has 16 N–H and O–H groups in total.